The first kappa shape index (κ1) is 23.7. The van der Waals surface area contributed by atoms with Crippen LogP contribution in [-0.2, 0) is 4.74 Å². The number of allylic oxidation sites excluding steroid dienone is 4. The Morgan fingerprint density at radius 1 is 1.18 bits per heavy atom. The first-order valence-corrected chi connectivity index (χ1v) is 9.64. The number of hydrogen-bond donors (Lipinski definition) is 0. The van der Waals surface area contributed by atoms with Gasteiger partial charge in [-0.3, -0.25) is 0 Å². The fourth-order valence-electron chi connectivity index (χ4n) is 1.56. The van der Waals surface area contributed by atoms with E-state index in [1.165, 1.54) is 5.57 Å². The normalized spacial score (nSPS) is 11.4. The molecule has 22 heavy (non-hydrogen) atoms. The topological polar surface area (TPSA) is 22.1 Å². The van der Waals surface area contributed by atoms with E-state index in [1.807, 2.05) is 55.4 Å². The van der Waals surface area contributed by atoms with E-state index >= 15 is 0 Å². The summed E-state index contributed by atoms with van der Waals surface area (Å²) in [5.74, 6) is 0.975. The smallest absolute Gasteiger partial charge is 0.0976 e. The molecule has 4 heteroatoms. The molecule has 0 N–H and O–H groups in total. The van der Waals surface area contributed by atoms with Gasteiger partial charge in [0.05, 0.1) is 26.4 Å². The van der Waals surface area contributed by atoms with Gasteiger partial charge in [0.1, 0.15) is 0 Å². The van der Waals surface area contributed by atoms with Gasteiger partial charge in [0.15, 0.2) is 0 Å². The van der Waals surface area contributed by atoms with Crippen LogP contribution in [0.25, 0.3) is 5.57 Å². The van der Waals surface area contributed by atoms with Crippen molar-refractivity contribution < 1.29 is 4.74 Å². The van der Waals surface area contributed by atoms with Crippen LogP contribution in [0, 0.1) is 6.92 Å². The predicted octanol–water partition coefficient (Wildman–Crippen LogP) is 7.39. The third-order valence-electron chi connectivity index (χ3n) is 2.32. The molecule has 0 aromatic carbocycles. The molecule has 0 saturated carbocycles. The first-order chi connectivity index (χ1) is 10.4. The molecule has 1 aromatic heterocycles. The molecule has 1 rings (SSSR count). The molecule has 0 aliphatic heterocycles. The third kappa shape index (κ3) is 10.2. The molecule has 0 atom stereocenters. The molecule has 1 heterocycles. The van der Waals surface area contributed by atoms with E-state index < -0.39 is 0 Å². The summed E-state index contributed by atoms with van der Waals surface area (Å²) in [6, 6.07) is 0. The van der Waals surface area contributed by atoms with E-state index in [0.717, 1.165) is 26.7 Å². The van der Waals surface area contributed by atoms with Crippen LogP contribution in [0.5, 0.6) is 0 Å². The molecule has 0 saturated heterocycles. The average molecular weight is 390 g/mol. The molecule has 1 aromatic rings. The Balaban J connectivity index is 0. The van der Waals surface area contributed by atoms with Crippen molar-refractivity contribution in [3.63, 3.8) is 0 Å². The maximum absolute atomic E-state index is 5.57. The fraction of sp³-hybridized carbons (Fsp3) is 0.611. The SMILES string of the molecule is C/C(=C\C/C=C(\C)c1nc(C)sc1Br)OC(C)C.CC.CC. The Labute approximate surface area is 149 Å². The van der Waals surface area contributed by atoms with Crippen LogP contribution < -0.4 is 0 Å². The van der Waals surface area contributed by atoms with Crippen LogP contribution in [-0.4, -0.2) is 11.1 Å². The Morgan fingerprint density at radius 3 is 2.14 bits per heavy atom. The summed E-state index contributed by atoms with van der Waals surface area (Å²) >= 11 is 5.22. The molecule has 0 radical (unpaired) electrons. The van der Waals surface area contributed by atoms with Gasteiger partial charge in [0.2, 0.25) is 0 Å². The summed E-state index contributed by atoms with van der Waals surface area (Å²) in [5.41, 5.74) is 2.24. The van der Waals surface area contributed by atoms with Crippen molar-refractivity contribution in [2.24, 2.45) is 0 Å². The summed E-state index contributed by atoms with van der Waals surface area (Å²) in [6.07, 6.45) is 5.37. The predicted molar refractivity (Wildman–Crippen MR) is 105 cm³/mol. The number of ether oxygens (including phenoxy) is 1. The highest BCUT2D eigenvalue weighted by atomic mass is 79.9. The van der Waals surface area contributed by atoms with E-state index in [1.54, 1.807) is 11.3 Å². The quantitative estimate of drug-likeness (QED) is 0.489. The lowest BCUT2D eigenvalue weighted by atomic mass is 10.2. The van der Waals surface area contributed by atoms with Gasteiger partial charge in [-0.05, 0) is 68.6 Å². The van der Waals surface area contributed by atoms with Gasteiger partial charge in [0.25, 0.3) is 0 Å². The minimum absolute atomic E-state index is 0.238. The van der Waals surface area contributed by atoms with Gasteiger partial charge in [0, 0.05) is 0 Å². The van der Waals surface area contributed by atoms with Gasteiger partial charge in [-0.2, -0.15) is 0 Å². The zero-order chi connectivity index (χ0) is 17.7. The third-order valence-corrected chi connectivity index (χ3v) is 3.94. The molecule has 0 unspecified atom stereocenters. The van der Waals surface area contributed by atoms with E-state index in [4.69, 9.17) is 4.74 Å². The number of thiazole rings is 1. The zero-order valence-electron chi connectivity index (χ0n) is 15.6. The minimum Gasteiger partial charge on any atom is -0.496 e. The van der Waals surface area contributed by atoms with E-state index in [-0.39, 0.29) is 6.10 Å². The van der Waals surface area contributed by atoms with Crippen LogP contribution in [0.4, 0.5) is 0 Å². The first-order valence-electron chi connectivity index (χ1n) is 8.03. The molecule has 0 spiro atoms. The van der Waals surface area contributed by atoms with Gasteiger partial charge >= 0.3 is 0 Å². The molecule has 0 aliphatic carbocycles. The summed E-state index contributed by atoms with van der Waals surface area (Å²) < 4.78 is 6.68. The van der Waals surface area contributed by atoms with Crippen LogP contribution in [0.1, 0.15) is 72.5 Å². The average Bonchev–Trinajstić information content (AvgIpc) is 2.81. The monoisotopic (exact) mass is 389 g/mol. The fourth-order valence-corrected chi connectivity index (χ4v) is 3.37. The number of halogens is 1. The van der Waals surface area contributed by atoms with Crippen molar-refractivity contribution in [1.82, 2.24) is 4.98 Å². The van der Waals surface area contributed by atoms with Crippen molar-refractivity contribution in [2.75, 3.05) is 0 Å². The lowest BCUT2D eigenvalue weighted by Crippen LogP contribution is -1.99. The summed E-state index contributed by atoms with van der Waals surface area (Å²) in [4.78, 5) is 4.51. The van der Waals surface area contributed by atoms with Gasteiger partial charge in [-0.1, -0.05) is 33.8 Å². The highest BCUT2D eigenvalue weighted by Crippen LogP contribution is 2.29. The van der Waals surface area contributed by atoms with Crippen molar-refractivity contribution >= 4 is 32.8 Å². The molecule has 0 bridgehead atoms. The summed E-state index contributed by atoms with van der Waals surface area (Å²) in [6.45, 7) is 18.2. The maximum Gasteiger partial charge on any atom is 0.0976 e. The van der Waals surface area contributed by atoms with Crippen LogP contribution in [0.2, 0.25) is 0 Å². The minimum atomic E-state index is 0.238. The number of rotatable bonds is 5. The van der Waals surface area contributed by atoms with Crippen molar-refractivity contribution in [1.29, 1.82) is 0 Å². The van der Waals surface area contributed by atoms with Crippen molar-refractivity contribution in [3.05, 3.63) is 32.4 Å². The largest absolute Gasteiger partial charge is 0.496 e. The molecular weight excluding hydrogens is 358 g/mol. The van der Waals surface area contributed by atoms with Crippen LogP contribution >= 0.6 is 27.3 Å². The number of hydrogen-bond acceptors (Lipinski definition) is 3. The summed E-state index contributed by atoms with van der Waals surface area (Å²) in [7, 11) is 0. The Hall–Kier alpha value is -0.610. The standard InChI is InChI=1S/C14H20BrNOS.2C2H6/c1-9(2)17-11(4)8-6-7-10(3)13-14(15)18-12(5)16-13;2*1-2/h7-9H,6H2,1-5H3;2*1-2H3/b10-7+,11-8+;;. The highest BCUT2D eigenvalue weighted by molar-refractivity contribution is 9.11. The Morgan fingerprint density at radius 2 is 1.73 bits per heavy atom. The lowest BCUT2D eigenvalue weighted by Gasteiger charge is -2.09. The second kappa shape index (κ2) is 14.0. The number of nitrogens with zero attached hydrogens (tertiary/aromatic N) is 1. The molecule has 0 aliphatic rings. The molecule has 0 fully saturated rings. The van der Waals surface area contributed by atoms with E-state index in [0.29, 0.717) is 0 Å². The van der Waals surface area contributed by atoms with Gasteiger partial charge in [-0.25, -0.2) is 4.98 Å². The zero-order valence-corrected chi connectivity index (χ0v) is 18.0. The Kier molecular flexibility index (Phi) is 15.1. The summed E-state index contributed by atoms with van der Waals surface area (Å²) in [5, 5.41) is 1.08. The second-order valence-electron chi connectivity index (χ2n) is 4.46. The lowest BCUT2D eigenvalue weighted by molar-refractivity contribution is 0.148. The van der Waals surface area contributed by atoms with E-state index in [9.17, 15) is 0 Å². The maximum atomic E-state index is 5.57. The molecule has 2 nitrogen and oxygen atoms in total. The van der Waals surface area contributed by atoms with Crippen LogP contribution in [0.3, 0.4) is 0 Å². The highest BCUT2D eigenvalue weighted by Gasteiger charge is 2.07. The number of aryl methyl sites for hydroxylation is 1. The van der Waals surface area contributed by atoms with E-state index in [2.05, 4.69) is 40.0 Å². The van der Waals surface area contributed by atoms with Gasteiger partial charge in [-0.15, -0.1) is 11.3 Å². The second-order valence-corrected chi connectivity index (χ2v) is 6.98. The molecular formula is C18H32BrNOS. The Bertz CT molecular complexity index is 462. The molecule has 0 amide bonds. The van der Waals surface area contributed by atoms with Crippen molar-refractivity contribution in [2.45, 2.75) is 74.8 Å². The number of aromatic nitrogens is 1. The van der Waals surface area contributed by atoms with Crippen molar-refractivity contribution in [3.8, 4) is 0 Å². The molecule has 128 valence electrons. The van der Waals surface area contributed by atoms with Gasteiger partial charge < -0.3 is 4.74 Å². The van der Waals surface area contributed by atoms with Crippen LogP contribution in [0.15, 0.2) is 21.7 Å².